The van der Waals surface area contributed by atoms with Crippen molar-refractivity contribution in [3.8, 4) is 0 Å². The van der Waals surface area contributed by atoms with Gasteiger partial charge in [0.1, 0.15) is 11.2 Å². The van der Waals surface area contributed by atoms with E-state index in [1.54, 1.807) is 0 Å². The number of hydrogen-bond donors (Lipinski definition) is 0. The number of hydrogen-bond acceptors (Lipinski definition) is 3. The van der Waals surface area contributed by atoms with Gasteiger partial charge in [0.15, 0.2) is 11.6 Å². The molecule has 0 amide bonds. The van der Waals surface area contributed by atoms with E-state index in [2.05, 4.69) is 198 Å². The number of benzene rings is 9. The summed E-state index contributed by atoms with van der Waals surface area (Å²) in [5.41, 5.74) is 20.3. The van der Waals surface area contributed by atoms with Crippen molar-refractivity contribution in [3.63, 3.8) is 0 Å². The third kappa shape index (κ3) is 3.90. The Morgan fingerprint density at radius 2 is 0.889 bits per heavy atom. The molecule has 0 fully saturated rings. The van der Waals surface area contributed by atoms with Crippen LogP contribution in [0.5, 0.6) is 0 Å². The van der Waals surface area contributed by atoms with Crippen molar-refractivity contribution in [2.75, 3.05) is 0 Å². The summed E-state index contributed by atoms with van der Waals surface area (Å²) in [7, 11) is 0. The Hall–Kier alpha value is -7.82. The number of fused-ring (bicyclic) bond motifs is 21. The lowest BCUT2D eigenvalue weighted by Gasteiger charge is -2.64. The predicted molar refractivity (Wildman–Crippen MR) is 288 cm³/mol. The molecule has 0 N–H and O–H groups in total. The van der Waals surface area contributed by atoms with Crippen LogP contribution in [0.4, 0.5) is 0 Å². The lowest BCUT2D eigenvalue weighted by Crippen LogP contribution is -2.61. The van der Waals surface area contributed by atoms with Gasteiger partial charge in [0, 0.05) is 60.7 Å². The summed E-state index contributed by atoms with van der Waals surface area (Å²) in [6, 6.07) is 56.1. The smallest absolute Gasteiger partial charge is 0.171 e. The van der Waals surface area contributed by atoms with Crippen molar-refractivity contribution in [3.05, 3.63) is 230 Å². The number of ketones is 2. The minimum Gasteiger partial charge on any atom is -0.455 e. The maximum Gasteiger partial charge on any atom is 0.171 e. The van der Waals surface area contributed by atoms with Crippen molar-refractivity contribution >= 4 is 82.4 Å². The van der Waals surface area contributed by atoms with Crippen LogP contribution in [-0.2, 0) is 21.7 Å². The van der Waals surface area contributed by atoms with Crippen LogP contribution >= 0.6 is 0 Å². The van der Waals surface area contributed by atoms with E-state index in [-0.39, 0.29) is 56.9 Å². The van der Waals surface area contributed by atoms with Crippen molar-refractivity contribution in [1.82, 2.24) is 4.40 Å². The van der Waals surface area contributed by atoms with E-state index in [1.165, 1.54) is 55.3 Å². The summed E-state index contributed by atoms with van der Waals surface area (Å²) in [6.07, 6.45) is 0. The molecule has 9 aromatic carbocycles. The molecular formula is C68H47NO3. The van der Waals surface area contributed by atoms with Crippen molar-refractivity contribution in [1.29, 1.82) is 0 Å². The third-order valence-electron chi connectivity index (χ3n) is 19.5. The van der Waals surface area contributed by atoms with Crippen LogP contribution in [0.3, 0.4) is 0 Å². The molecule has 12 aromatic rings. The monoisotopic (exact) mass is 925 g/mol. The van der Waals surface area contributed by atoms with E-state index in [4.69, 9.17) is 4.42 Å². The van der Waals surface area contributed by atoms with Gasteiger partial charge in [-0.25, -0.2) is 0 Å². The van der Waals surface area contributed by atoms with Gasteiger partial charge >= 0.3 is 0 Å². The molecule has 72 heavy (non-hydrogen) atoms. The van der Waals surface area contributed by atoms with Gasteiger partial charge in [0.25, 0.3) is 0 Å². The first kappa shape index (κ1) is 38.9. The molecule has 6 aliphatic rings. The molecule has 4 nitrogen and oxygen atoms in total. The van der Waals surface area contributed by atoms with Crippen LogP contribution in [0.1, 0.15) is 153 Å². The highest BCUT2D eigenvalue weighted by Gasteiger charge is 2.70. The molecule has 2 spiro atoms. The summed E-state index contributed by atoms with van der Waals surface area (Å²) in [5, 5.41) is 9.00. The molecular weight excluding hydrogens is 879 g/mol. The second-order valence-corrected chi connectivity index (χ2v) is 24.5. The molecule has 3 aromatic heterocycles. The Morgan fingerprint density at radius 1 is 0.431 bits per heavy atom. The largest absolute Gasteiger partial charge is 0.455 e. The van der Waals surface area contributed by atoms with Gasteiger partial charge in [-0.1, -0.05) is 151 Å². The standard InChI is InChI=1S/C68H47NO3/c1-65(2,3)33-23-32-24-34(66(4,5)6)26-54-55(32)40(25-33)46-29-43-39-27-41-44(62(70)59-37-17-9-13-21-50(37)67(59)48-19-11-7-15-35(48)57(41)67)30-52(39)69-53-31-45-42(28-47(53)56(61(43)69)64(46)72-54)58-36-16-8-12-20-49(36)68(58)51-22-14-10-18-38(51)60(68)63(45)71/h7-31,57-60H,1-6H3. The number of carbonyl (C=O) groups is 2. The minimum atomic E-state index is -0.385. The quantitative estimate of drug-likeness (QED) is 0.112. The molecule has 4 heteroatoms. The number of nitrogens with zero attached hydrogens (tertiary/aromatic N) is 1. The highest BCUT2D eigenvalue weighted by molar-refractivity contribution is 6.35. The van der Waals surface area contributed by atoms with Crippen LogP contribution in [0.15, 0.2) is 156 Å². The number of carbonyl (C=O) groups excluding carboxylic acids is 2. The maximum absolute atomic E-state index is 15.6. The Bertz CT molecular complexity index is 4670. The fourth-order valence-corrected chi connectivity index (χ4v) is 16.5. The van der Waals surface area contributed by atoms with Gasteiger partial charge in [0.2, 0.25) is 0 Å². The minimum absolute atomic E-state index is 0.0398. The Labute approximate surface area is 415 Å². The molecule has 0 bridgehead atoms. The normalized spacial score (nSPS) is 23.9. The van der Waals surface area contributed by atoms with Crippen molar-refractivity contribution in [2.24, 2.45) is 0 Å². The van der Waals surface area contributed by atoms with Gasteiger partial charge in [-0.05, 0) is 131 Å². The van der Waals surface area contributed by atoms with Crippen LogP contribution in [0.2, 0.25) is 0 Å². The van der Waals surface area contributed by atoms with Crippen LogP contribution in [0, 0.1) is 0 Å². The first-order chi connectivity index (χ1) is 34.8. The van der Waals surface area contributed by atoms with Gasteiger partial charge in [-0.3, -0.25) is 9.59 Å². The second-order valence-electron chi connectivity index (χ2n) is 24.5. The van der Waals surface area contributed by atoms with E-state index in [9.17, 15) is 0 Å². The Balaban J connectivity index is 1.02. The van der Waals surface area contributed by atoms with Crippen LogP contribution in [-0.4, -0.2) is 16.0 Å². The average Bonchev–Trinajstić information content (AvgIpc) is 3.84. The van der Waals surface area contributed by atoms with Crippen LogP contribution < -0.4 is 0 Å². The first-order valence-corrected chi connectivity index (χ1v) is 26.0. The Morgan fingerprint density at radius 3 is 1.40 bits per heavy atom. The maximum atomic E-state index is 15.6. The molecule has 0 saturated carbocycles. The number of aromatic nitrogens is 1. The fraction of sp³-hybridized carbons (Fsp3) is 0.206. The molecule has 3 heterocycles. The average molecular weight is 926 g/mol. The zero-order valence-electron chi connectivity index (χ0n) is 40.9. The van der Waals surface area contributed by atoms with E-state index in [1.807, 2.05) is 0 Å². The zero-order valence-corrected chi connectivity index (χ0v) is 40.9. The lowest BCUT2D eigenvalue weighted by molar-refractivity contribution is 0.0839. The summed E-state index contributed by atoms with van der Waals surface area (Å²) in [6.45, 7) is 13.8. The summed E-state index contributed by atoms with van der Waals surface area (Å²) in [5.74, 6) is 0.0174. The molecule has 0 aliphatic heterocycles. The molecule has 6 aliphatic carbocycles. The van der Waals surface area contributed by atoms with Crippen molar-refractivity contribution in [2.45, 2.75) is 86.9 Å². The predicted octanol–water partition coefficient (Wildman–Crippen LogP) is 15.9. The molecule has 342 valence electrons. The molecule has 6 atom stereocenters. The number of Topliss-reactive ketones (excluding diaryl/α,β-unsaturated/α-hetero) is 2. The zero-order chi connectivity index (χ0) is 48.0. The summed E-state index contributed by atoms with van der Waals surface area (Å²) >= 11 is 0. The van der Waals surface area contributed by atoms with E-state index in [0.717, 1.165) is 93.4 Å². The Kier molecular flexibility index (Phi) is 6.34. The topological polar surface area (TPSA) is 51.7 Å². The molecule has 6 unspecified atom stereocenters. The van der Waals surface area contributed by atoms with Gasteiger partial charge in [-0.15, -0.1) is 0 Å². The van der Waals surface area contributed by atoms with Gasteiger partial charge < -0.3 is 8.82 Å². The highest BCUT2D eigenvalue weighted by atomic mass is 16.3. The SMILES string of the molecule is CC(C)(C)c1cc2cc(C(C)(C)C)cc3c4cc5c6cc7c(cc6n6c8cc9c(cc8c(c4oc(c1)c23)c56)C1c2ccccc2C12c1ccccc1C2C9=O)C(=O)C1c2ccccc2C12c1ccccc1C72. The van der Waals surface area contributed by atoms with Gasteiger partial charge in [0.05, 0.1) is 33.8 Å². The first-order valence-electron chi connectivity index (χ1n) is 26.0. The molecule has 0 radical (unpaired) electrons. The summed E-state index contributed by atoms with van der Waals surface area (Å²) in [4.78, 5) is 31.1. The molecule has 18 rings (SSSR count). The summed E-state index contributed by atoms with van der Waals surface area (Å²) < 4.78 is 9.94. The van der Waals surface area contributed by atoms with E-state index >= 15 is 9.59 Å². The van der Waals surface area contributed by atoms with E-state index < -0.39 is 0 Å². The highest BCUT2D eigenvalue weighted by Crippen LogP contribution is 2.75. The second kappa shape index (κ2) is 11.8. The van der Waals surface area contributed by atoms with E-state index in [0.29, 0.717) is 0 Å². The van der Waals surface area contributed by atoms with Crippen molar-refractivity contribution < 1.29 is 14.0 Å². The molecule has 0 saturated heterocycles. The van der Waals surface area contributed by atoms with Gasteiger partial charge in [-0.2, -0.15) is 0 Å². The fourth-order valence-electron chi connectivity index (χ4n) is 16.5. The third-order valence-corrected chi connectivity index (χ3v) is 19.5. The lowest BCUT2D eigenvalue weighted by atomic mass is 9.36. The van der Waals surface area contributed by atoms with Crippen LogP contribution in [0.25, 0.3) is 70.8 Å². The number of rotatable bonds is 0.